The fourth-order valence-electron chi connectivity index (χ4n) is 0. The summed E-state index contributed by atoms with van der Waals surface area (Å²) < 4.78 is 0. The van der Waals surface area contributed by atoms with E-state index in [2.05, 4.69) is 0 Å². The van der Waals surface area contributed by atoms with E-state index in [0.717, 1.165) is 0 Å². The summed E-state index contributed by atoms with van der Waals surface area (Å²) in [6.45, 7) is 0. The maximum atomic E-state index is 0. The first-order chi connectivity index (χ1) is 0. The minimum absolute atomic E-state index is 0. The Bertz CT molecular complexity index is 6.85. The van der Waals surface area contributed by atoms with Crippen LogP contribution in [0.5, 0.6) is 0 Å². The molecule has 3 nitrogen and oxygen atoms in total. The molecule has 0 aliphatic carbocycles. The molecule has 0 unspecified atom stereocenters. The van der Waals surface area contributed by atoms with E-state index >= 15 is 0 Å². The van der Waals surface area contributed by atoms with E-state index in [1.807, 2.05) is 0 Å². The van der Waals surface area contributed by atoms with Crippen LogP contribution >= 0.6 is 0 Å². The van der Waals surface area contributed by atoms with Gasteiger partial charge in [-0.3, -0.25) is 0 Å². The molecule has 0 bridgehead atoms. The van der Waals surface area contributed by atoms with Gasteiger partial charge < -0.3 is 16.4 Å². The van der Waals surface area contributed by atoms with E-state index in [1.54, 1.807) is 0 Å². The summed E-state index contributed by atoms with van der Waals surface area (Å²) in [6.07, 6.45) is 0. The van der Waals surface area contributed by atoms with E-state index < -0.39 is 0 Å². The third-order valence-corrected chi connectivity index (χ3v) is 0. The van der Waals surface area contributed by atoms with Gasteiger partial charge in [-0.2, -0.15) is 0 Å². The van der Waals surface area contributed by atoms with Gasteiger partial charge in [-0.05, 0) is 0 Å². The van der Waals surface area contributed by atoms with Gasteiger partial charge in [-0.25, -0.2) is 0 Å². The molecule has 0 saturated heterocycles. The second-order valence-corrected chi connectivity index (χ2v) is 0. The van der Waals surface area contributed by atoms with Gasteiger partial charge in [-0.1, -0.05) is 0 Å². The van der Waals surface area contributed by atoms with Crippen molar-refractivity contribution in [1.29, 1.82) is 0 Å². The van der Waals surface area contributed by atoms with Gasteiger partial charge in [-0.15, -0.1) is 0 Å². The summed E-state index contributed by atoms with van der Waals surface area (Å²) in [5.74, 6) is 0. The Morgan fingerprint density at radius 2 is 0.600 bits per heavy atom. The van der Waals surface area contributed by atoms with Crippen LogP contribution in [-0.2, 0) is 33.5 Å². The van der Waals surface area contributed by atoms with Gasteiger partial charge in [0.15, 0.2) is 0 Å². The fraction of sp³-hybridized carbons (Fsp3) is 0. The second-order valence-electron chi connectivity index (χ2n) is 0. The molecule has 0 amide bonds. The summed E-state index contributed by atoms with van der Waals surface area (Å²) in [6, 6.07) is 0. The maximum Gasteiger partial charge on any atom is 3.00 e. The zero-order chi connectivity index (χ0) is 0. The minimum Gasteiger partial charge on any atom is -2.00 e. The van der Waals surface area contributed by atoms with Gasteiger partial charge in [0.05, 0.1) is 0 Å². The Hall–Kier alpha value is 1.59. The first-order valence-corrected chi connectivity index (χ1v) is 0. The Kier molecular flexibility index (Phi) is 754. The molecule has 0 N–H and O–H groups in total. The molecule has 0 atom stereocenters. The molecule has 0 aliphatic heterocycles. The SMILES string of the molecule is [Fe+3].[La+3].[O-2].[O-2].[O-2]. The number of hydrogen-bond donors (Lipinski definition) is 0. The van der Waals surface area contributed by atoms with Crippen molar-refractivity contribution >= 4 is 0 Å². The molecule has 0 heterocycles. The van der Waals surface area contributed by atoms with Crippen LogP contribution in [0.1, 0.15) is 0 Å². The van der Waals surface area contributed by atoms with Crippen LogP contribution in [0.15, 0.2) is 0 Å². The Morgan fingerprint density at radius 3 is 0.600 bits per heavy atom. The fourth-order valence-corrected chi connectivity index (χ4v) is 0. The second kappa shape index (κ2) is 46.5. The summed E-state index contributed by atoms with van der Waals surface area (Å²) in [4.78, 5) is 0. The Balaban J connectivity index is 0. The molecule has 1 radical (unpaired) electrons. The van der Waals surface area contributed by atoms with Crippen LogP contribution in [0, 0.1) is 35.6 Å². The molecule has 0 aliphatic rings. The first-order valence-electron chi connectivity index (χ1n) is 0. The van der Waals surface area contributed by atoms with Gasteiger partial charge in [0.25, 0.3) is 0 Å². The van der Waals surface area contributed by atoms with Gasteiger partial charge in [0.1, 0.15) is 0 Å². The molecule has 0 saturated carbocycles. The van der Waals surface area contributed by atoms with Crippen molar-refractivity contribution in [1.82, 2.24) is 0 Å². The molecule has 0 aromatic rings. The molecule has 0 fully saturated rings. The monoisotopic (exact) mass is 243 g/mol. The van der Waals surface area contributed by atoms with E-state index in [0.29, 0.717) is 0 Å². The first kappa shape index (κ1) is 81.2. The summed E-state index contributed by atoms with van der Waals surface area (Å²) in [5, 5.41) is 0. The Labute approximate surface area is 68.5 Å². The number of hydrogen-bond acceptors (Lipinski definition) is 0. The molecule has 29 valence electrons. The van der Waals surface area contributed by atoms with Crippen molar-refractivity contribution in [3.8, 4) is 0 Å². The third-order valence-electron chi connectivity index (χ3n) is 0. The van der Waals surface area contributed by atoms with Crippen LogP contribution in [0.4, 0.5) is 0 Å². The van der Waals surface area contributed by atoms with Crippen LogP contribution in [0.3, 0.4) is 0 Å². The van der Waals surface area contributed by atoms with Crippen LogP contribution in [0.25, 0.3) is 0 Å². The normalized spacial score (nSPS) is 0. The predicted octanol–water partition coefficient (Wildman–Crippen LogP) is -0.359. The van der Waals surface area contributed by atoms with Crippen LogP contribution < -0.4 is 0 Å². The zero-order valence-electron chi connectivity index (χ0n) is 2.16. The van der Waals surface area contributed by atoms with E-state index in [4.69, 9.17) is 0 Å². The smallest absolute Gasteiger partial charge is 2.00 e. The molecular formula is FeLaO3. The molecule has 0 aromatic heterocycles. The topological polar surface area (TPSA) is 85.5 Å². The van der Waals surface area contributed by atoms with Crippen molar-refractivity contribution in [2.75, 3.05) is 0 Å². The van der Waals surface area contributed by atoms with Gasteiger partial charge >= 0.3 is 52.7 Å². The quantitative estimate of drug-likeness (QED) is 0.520. The molecule has 0 aromatic carbocycles. The van der Waals surface area contributed by atoms with Crippen molar-refractivity contribution in [2.45, 2.75) is 0 Å². The molecule has 5 heavy (non-hydrogen) atoms. The van der Waals surface area contributed by atoms with Crippen molar-refractivity contribution in [2.24, 2.45) is 0 Å². The van der Waals surface area contributed by atoms with E-state index in [-0.39, 0.29) is 69.1 Å². The molecule has 0 rings (SSSR count). The molecular weight excluding hydrogens is 243 g/mol. The minimum atomic E-state index is 0. The Morgan fingerprint density at radius 1 is 0.600 bits per heavy atom. The maximum absolute atomic E-state index is 0. The average Bonchev–Trinajstić information content (AvgIpc) is 0. The largest absolute Gasteiger partial charge is 3.00 e. The third kappa shape index (κ3) is 28.4. The predicted molar refractivity (Wildman–Crippen MR) is 2.06 cm³/mol. The van der Waals surface area contributed by atoms with Crippen LogP contribution in [0.2, 0.25) is 0 Å². The van der Waals surface area contributed by atoms with Crippen molar-refractivity contribution in [3.05, 3.63) is 0 Å². The van der Waals surface area contributed by atoms with Gasteiger partial charge in [0, 0.05) is 0 Å². The van der Waals surface area contributed by atoms with Gasteiger partial charge in [0.2, 0.25) is 0 Å². The van der Waals surface area contributed by atoms with E-state index in [9.17, 15) is 0 Å². The van der Waals surface area contributed by atoms with E-state index in [1.165, 1.54) is 0 Å². The van der Waals surface area contributed by atoms with Crippen molar-refractivity contribution < 1.29 is 69.1 Å². The standard InChI is InChI=1S/Fe.La.3O/q2*+3;3*-2. The summed E-state index contributed by atoms with van der Waals surface area (Å²) >= 11 is 0. The van der Waals surface area contributed by atoms with Crippen molar-refractivity contribution in [3.63, 3.8) is 0 Å². The molecule has 0 spiro atoms. The molecule has 5 heteroatoms. The van der Waals surface area contributed by atoms with Crippen LogP contribution in [-0.4, -0.2) is 0 Å². The summed E-state index contributed by atoms with van der Waals surface area (Å²) in [7, 11) is 0. The number of rotatable bonds is 0. The average molecular weight is 243 g/mol. The zero-order valence-corrected chi connectivity index (χ0v) is 6.89. The summed E-state index contributed by atoms with van der Waals surface area (Å²) in [5.41, 5.74) is 0.